The molecule has 0 saturated heterocycles. The van der Waals surface area contributed by atoms with Crippen LogP contribution in [0.4, 0.5) is 45.2 Å². The predicted molar refractivity (Wildman–Crippen MR) is 147 cm³/mol. The van der Waals surface area contributed by atoms with Crippen molar-refractivity contribution in [3.63, 3.8) is 0 Å². The molecule has 4 rings (SSSR count). The number of benzene rings is 4. The number of nitrogens with one attached hydrogen (secondary N) is 1. The molecule has 0 atom stereocenters. The maximum Gasteiger partial charge on any atom is 0.438 e. The Balaban J connectivity index is 2.11. The van der Waals surface area contributed by atoms with Crippen LogP contribution in [-0.4, -0.2) is 29.0 Å². The zero-order valence-corrected chi connectivity index (χ0v) is 22.5. The average molecular weight is 631 g/mol. The van der Waals surface area contributed by atoms with E-state index in [0.717, 1.165) is 12.1 Å². The number of carbonyl (C=O) groups is 1. The van der Waals surface area contributed by atoms with Crippen molar-refractivity contribution in [2.75, 3.05) is 5.32 Å². The standard InChI is InChI=1S/C33H18F9NO2/c34-30(35,31(36,32(37,38)39)33(40,41)42)26-20-24(18-16-21-10-4-1-5-11-21)28(44)25(19-17-22-12-6-2-7-13-22)27(26)43-29(45)23-14-8-3-9-15-23/h1-15,20,44H,(H,43,45). The lowest BCUT2D eigenvalue weighted by Gasteiger charge is -2.37. The number of phenols is 1. The number of hydrogen-bond acceptors (Lipinski definition) is 2. The zero-order valence-electron chi connectivity index (χ0n) is 22.5. The minimum atomic E-state index is -7.20. The molecule has 0 saturated carbocycles. The van der Waals surface area contributed by atoms with Gasteiger partial charge in [-0.3, -0.25) is 4.79 Å². The van der Waals surface area contributed by atoms with Gasteiger partial charge >= 0.3 is 23.9 Å². The van der Waals surface area contributed by atoms with Crippen LogP contribution in [0, 0.1) is 23.7 Å². The lowest BCUT2D eigenvalue weighted by Crippen LogP contribution is -2.63. The predicted octanol–water partition coefficient (Wildman–Crippen LogP) is 8.37. The number of anilines is 1. The normalized spacial score (nSPS) is 11.9. The van der Waals surface area contributed by atoms with Gasteiger partial charge in [0.05, 0.1) is 22.4 Å². The first-order valence-electron chi connectivity index (χ1n) is 12.7. The van der Waals surface area contributed by atoms with Crippen LogP contribution in [-0.2, 0) is 5.92 Å². The molecule has 0 aliphatic heterocycles. The summed E-state index contributed by atoms with van der Waals surface area (Å²) in [6.07, 6.45) is -14.4. The van der Waals surface area contributed by atoms with E-state index in [9.17, 15) is 36.2 Å². The summed E-state index contributed by atoms with van der Waals surface area (Å²) in [4.78, 5) is 13.0. The Bertz CT molecular complexity index is 1800. The van der Waals surface area contributed by atoms with E-state index in [-0.39, 0.29) is 22.8 Å². The van der Waals surface area contributed by atoms with Crippen LogP contribution in [0.3, 0.4) is 0 Å². The number of aromatic hydroxyl groups is 1. The molecule has 0 spiro atoms. The summed E-state index contributed by atoms with van der Waals surface area (Å²) in [6.45, 7) is 0. The number of halogens is 9. The first kappa shape index (κ1) is 32.6. The highest BCUT2D eigenvalue weighted by atomic mass is 19.4. The zero-order chi connectivity index (χ0) is 33.0. The molecule has 0 bridgehead atoms. The van der Waals surface area contributed by atoms with Gasteiger partial charge < -0.3 is 10.4 Å². The van der Waals surface area contributed by atoms with Gasteiger partial charge in [-0.05, 0) is 42.5 Å². The molecule has 230 valence electrons. The number of hydrogen-bond donors (Lipinski definition) is 2. The molecule has 4 aromatic rings. The van der Waals surface area contributed by atoms with Gasteiger partial charge in [-0.15, -0.1) is 0 Å². The number of alkyl halides is 9. The smallest absolute Gasteiger partial charge is 0.438 e. The summed E-state index contributed by atoms with van der Waals surface area (Å²) in [5.74, 6) is 0.515. The second-order valence-corrected chi connectivity index (χ2v) is 9.35. The van der Waals surface area contributed by atoms with Gasteiger partial charge in [0.2, 0.25) is 0 Å². The van der Waals surface area contributed by atoms with E-state index in [4.69, 9.17) is 0 Å². The molecule has 0 heterocycles. The fourth-order valence-corrected chi connectivity index (χ4v) is 4.06. The number of carbonyl (C=O) groups excluding carboxylic acids is 1. The third-order valence-electron chi connectivity index (χ3n) is 6.35. The third kappa shape index (κ3) is 6.46. The molecule has 45 heavy (non-hydrogen) atoms. The molecule has 0 unspecified atom stereocenters. The van der Waals surface area contributed by atoms with Crippen molar-refractivity contribution in [3.8, 4) is 29.4 Å². The van der Waals surface area contributed by atoms with E-state index in [1.165, 1.54) is 66.7 Å². The van der Waals surface area contributed by atoms with Crippen LogP contribution in [0.15, 0.2) is 97.1 Å². The third-order valence-corrected chi connectivity index (χ3v) is 6.35. The Kier molecular flexibility index (Phi) is 8.92. The lowest BCUT2D eigenvalue weighted by molar-refractivity contribution is -0.400. The maximum absolute atomic E-state index is 15.8. The van der Waals surface area contributed by atoms with Gasteiger partial charge in [0.15, 0.2) is 0 Å². The summed E-state index contributed by atoms with van der Waals surface area (Å²) in [5, 5.41) is 12.9. The van der Waals surface area contributed by atoms with Gasteiger partial charge in [-0.25, -0.2) is 4.39 Å². The molecule has 2 N–H and O–H groups in total. The summed E-state index contributed by atoms with van der Waals surface area (Å²) >= 11 is 0. The average Bonchev–Trinajstić information content (AvgIpc) is 3.00. The number of rotatable bonds is 4. The van der Waals surface area contributed by atoms with Crippen molar-refractivity contribution in [1.29, 1.82) is 0 Å². The summed E-state index contributed by atoms with van der Waals surface area (Å²) in [7, 11) is 0. The number of amides is 1. The minimum Gasteiger partial charge on any atom is -0.505 e. The van der Waals surface area contributed by atoms with Crippen LogP contribution in [0.5, 0.6) is 5.75 Å². The Morgan fingerprint density at radius 3 is 1.53 bits per heavy atom. The fraction of sp³-hybridized carbons (Fsp3) is 0.121. The molecular formula is C33H18F9NO2. The van der Waals surface area contributed by atoms with Crippen LogP contribution in [0.1, 0.15) is 38.2 Å². The van der Waals surface area contributed by atoms with E-state index in [1.807, 2.05) is 5.32 Å². The Morgan fingerprint density at radius 2 is 1.07 bits per heavy atom. The largest absolute Gasteiger partial charge is 0.505 e. The Morgan fingerprint density at radius 1 is 0.622 bits per heavy atom. The summed E-state index contributed by atoms with van der Waals surface area (Å²) in [6, 6.07) is 21.4. The van der Waals surface area contributed by atoms with Crippen LogP contribution in [0.2, 0.25) is 0 Å². The fourth-order valence-electron chi connectivity index (χ4n) is 4.06. The molecule has 0 aromatic heterocycles. The second-order valence-electron chi connectivity index (χ2n) is 9.35. The maximum atomic E-state index is 15.8. The van der Waals surface area contributed by atoms with Crippen molar-refractivity contribution in [2.45, 2.75) is 23.9 Å². The SMILES string of the molecule is O=C(Nc1c(C(F)(F)C(F)(C(F)(F)F)C(F)(F)F)cc(C#Cc2ccccc2)c(O)c1C#Cc1ccccc1)c1ccccc1. The lowest BCUT2D eigenvalue weighted by atomic mass is 9.86. The number of phenolic OH excluding ortho intramolecular Hbond substituents is 1. The van der Waals surface area contributed by atoms with Crippen molar-refractivity contribution >= 4 is 11.6 Å². The minimum absolute atomic E-state index is 0.0363. The van der Waals surface area contributed by atoms with E-state index in [1.54, 1.807) is 12.1 Å². The molecule has 3 nitrogen and oxygen atoms in total. The monoisotopic (exact) mass is 631 g/mol. The van der Waals surface area contributed by atoms with E-state index in [2.05, 4.69) is 23.7 Å². The molecule has 0 fully saturated rings. The van der Waals surface area contributed by atoms with Gasteiger partial charge in [0, 0.05) is 16.7 Å². The summed E-state index contributed by atoms with van der Waals surface area (Å²) in [5.41, 5.74) is -12.7. The van der Waals surface area contributed by atoms with Gasteiger partial charge in [0.25, 0.3) is 5.91 Å². The molecule has 0 aliphatic rings. The molecule has 4 aromatic carbocycles. The molecule has 0 radical (unpaired) electrons. The van der Waals surface area contributed by atoms with Crippen molar-refractivity contribution < 1.29 is 49.4 Å². The molecular weight excluding hydrogens is 613 g/mol. The van der Waals surface area contributed by atoms with Crippen molar-refractivity contribution in [2.24, 2.45) is 0 Å². The highest BCUT2D eigenvalue weighted by molar-refractivity contribution is 6.06. The van der Waals surface area contributed by atoms with Gasteiger partial charge in [-0.1, -0.05) is 78.3 Å². The Labute approximate surface area is 250 Å². The van der Waals surface area contributed by atoms with E-state index in [0.29, 0.717) is 0 Å². The van der Waals surface area contributed by atoms with E-state index < -0.39 is 58.0 Å². The first-order chi connectivity index (χ1) is 21.1. The highest BCUT2D eigenvalue weighted by Crippen LogP contribution is 2.60. The molecule has 1 amide bonds. The van der Waals surface area contributed by atoms with Crippen molar-refractivity contribution in [1.82, 2.24) is 0 Å². The van der Waals surface area contributed by atoms with Gasteiger partial charge in [0.1, 0.15) is 5.75 Å². The van der Waals surface area contributed by atoms with Crippen LogP contribution >= 0.6 is 0 Å². The quantitative estimate of drug-likeness (QED) is 0.176. The van der Waals surface area contributed by atoms with Crippen molar-refractivity contribution in [3.05, 3.63) is 130 Å². The second kappa shape index (κ2) is 12.3. The highest BCUT2D eigenvalue weighted by Gasteiger charge is 2.85. The topological polar surface area (TPSA) is 49.3 Å². The molecule has 12 heteroatoms. The first-order valence-corrected chi connectivity index (χ1v) is 12.7. The Hall–Kier alpha value is -5.36. The van der Waals surface area contributed by atoms with Gasteiger partial charge in [-0.2, -0.15) is 35.1 Å². The molecule has 0 aliphatic carbocycles. The van der Waals surface area contributed by atoms with Crippen LogP contribution < -0.4 is 5.32 Å². The van der Waals surface area contributed by atoms with Crippen LogP contribution in [0.25, 0.3) is 0 Å². The van der Waals surface area contributed by atoms with E-state index >= 15 is 13.2 Å². The summed E-state index contributed by atoms with van der Waals surface area (Å²) < 4.78 is 129.